The van der Waals surface area contributed by atoms with E-state index in [1.807, 2.05) is 29.2 Å². The molecule has 1 saturated heterocycles. The number of thiocarbonyl (C=S) groups is 1. The lowest BCUT2D eigenvalue weighted by molar-refractivity contribution is -0.384. The summed E-state index contributed by atoms with van der Waals surface area (Å²) in [6.45, 7) is 1.70. The molecular formula is C25H19FN4O3S. The molecule has 0 saturated carbocycles. The summed E-state index contributed by atoms with van der Waals surface area (Å²) in [5.41, 5.74) is 2.55. The minimum absolute atomic E-state index is 0.0195. The minimum Gasteiger partial charge on any atom is -0.459 e. The first-order valence-corrected chi connectivity index (χ1v) is 10.9. The molecule has 2 aromatic carbocycles. The Morgan fingerprint density at radius 3 is 2.71 bits per heavy atom. The van der Waals surface area contributed by atoms with E-state index in [9.17, 15) is 14.5 Å². The van der Waals surface area contributed by atoms with Crippen molar-refractivity contribution in [1.29, 1.82) is 0 Å². The van der Waals surface area contributed by atoms with Gasteiger partial charge < -0.3 is 14.6 Å². The number of furan rings is 1. The first-order valence-electron chi connectivity index (χ1n) is 10.5. The van der Waals surface area contributed by atoms with Crippen LogP contribution in [0.4, 0.5) is 15.8 Å². The summed E-state index contributed by atoms with van der Waals surface area (Å²) in [4.78, 5) is 17.1. The summed E-state index contributed by atoms with van der Waals surface area (Å²) in [6, 6.07) is 19.6. The van der Waals surface area contributed by atoms with Crippen LogP contribution in [0.5, 0.6) is 0 Å². The smallest absolute Gasteiger partial charge is 0.270 e. The molecule has 2 aromatic heterocycles. The van der Waals surface area contributed by atoms with Crippen molar-refractivity contribution in [1.82, 2.24) is 10.3 Å². The highest BCUT2D eigenvalue weighted by atomic mass is 32.1. The lowest BCUT2D eigenvalue weighted by Gasteiger charge is -2.26. The van der Waals surface area contributed by atoms with E-state index in [0.717, 1.165) is 5.69 Å². The van der Waals surface area contributed by atoms with Crippen LogP contribution in [0.2, 0.25) is 0 Å². The fourth-order valence-corrected chi connectivity index (χ4v) is 4.49. The first kappa shape index (κ1) is 21.7. The number of halogens is 1. The van der Waals surface area contributed by atoms with Crippen molar-refractivity contribution in [3.8, 4) is 11.3 Å². The molecule has 3 heterocycles. The zero-order chi connectivity index (χ0) is 23.8. The number of aryl methyl sites for hydroxylation is 1. The summed E-state index contributed by atoms with van der Waals surface area (Å²) in [5, 5.41) is 15.0. The van der Waals surface area contributed by atoms with Gasteiger partial charge in [-0.15, -0.1) is 0 Å². The molecule has 0 amide bonds. The lowest BCUT2D eigenvalue weighted by Crippen LogP contribution is -2.29. The second-order valence-corrected chi connectivity index (χ2v) is 8.33. The number of anilines is 1. The molecule has 34 heavy (non-hydrogen) atoms. The zero-order valence-electron chi connectivity index (χ0n) is 18.0. The summed E-state index contributed by atoms with van der Waals surface area (Å²) in [7, 11) is 0. The lowest BCUT2D eigenvalue weighted by atomic mass is 10.0. The number of aromatic nitrogens is 1. The van der Waals surface area contributed by atoms with E-state index in [1.165, 1.54) is 18.2 Å². The number of nitrogens with one attached hydrogen (secondary N) is 1. The van der Waals surface area contributed by atoms with Crippen molar-refractivity contribution in [2.45, 2.75) is 19.0 Å². The predicted molar refractivity (Wildman–Crippen MR) is 130 cm³/mol. The van der Waals surface area contributed by atoms with Gasteiger partial charge in [0.15, 0.2) is 5.11 Å². The van der Waals surface area contributed by atoms with Crippen molar-refractivity contribution in [3.05, 3.63) is 112 Å². The average Bonchev–Trinajstić information content (AvgIpc) is 3.46. The SMILES string of the molecule is Cc1cc(N2C(=S)N[C@H](c3ccccn3)[C@@H]2c2ccc(-c3cccc([N+](=O)[O-])c3)o2)ccc1F. The Hall–Kier alpha value is -4.11. The van der Waals surface area contributed by atoms with Crippen LogP contribution in [0.15, 0.2) is 83.4 Å². The van der Waals surface area contributed by atoms with Crippen molar-refractivity contribution < 1.29 is 13.7 Å². The Morgan fingerprint density at radius 1 is 1.12 bits per heavy atom. The van der Waals surface area contributed by atoms with Gasteiger partial charge in [0.25, 0.3) is 5.69 Å². The molecule has 170 valence electrons. The quantitative estimate of drug-likeness (QED) is 0.220. The van der Waals surface area contributed by atoms with E-state index in [1.54, 1.807) is 43.5 Å². The molecule has 4 aromatic rings. The third kappa shape index (κ3) is 3.90. The molecule has 1 fully saturated rings. The van der Waals surface area contributed by atoms with Gasteiger partial charge in [-0.05, 0) is 67.2 Å². The second-order valence-electron chi connectivity index (χ2n) is 7.94. The number of non-ortho nitro benzene ring substituents is 1. The Bertz CT molecular complexity index is 1390. The average molecular weight is 475 g/mol. The highest BCUT2D eigenvalue weighted by Gasteiger charge is 2.42. The van der Waals surface area contributed by atoms with Crippen LogP contribution in [-0.2, 0) is 0 Å². The van der Waals surface area contributed by atoms with Gasteiger partial charge in [0.05, 0.1) is 16.7 Å². The fourth-order valence-electron chi connectivity index (χ4n) is 4.14. The van der Waals surface area contributed by atoms with Crippen LogP contribution in [-0.4, -0.2) is 15.0 Å². The molecule has 1 aliphatic rings. The van der Waals surface area contributed by atoms with E-state index in [4.69, 9.17) is 16.6 Å². The largest absolute Gasteiger partial charge is 0.459 e. The van der Waals surface area contributed by atoms with Crippen molar-refractivity contribution >= 4 is 28.7 Å². The van der Waals surface area contributed by atoms with Crippen LogP contribution in [0, 0.1) is 22.9 Å². The monoisotopic (exact) mass is 474 g/mol. The Balaban J connectivity index is 1.60. The zero-order valence-corrected chi connectivity index (χ0v) is 18.8. The van der Waals surface area contributed by atoms with E-state index in [2.05, 4.69) is 10.3 Å². The highest BCUT2D eigenvalue weighted by molar-refractivity contribution is 7.80. The topological polar surface area (TPSA) is 84.4 Å². The molecule has 2 atom stereocenters. The predicted octanol–water partition coefficient (Wildman–Crippen LogP) is 5.87. The maximum atomic E-state index is 14.0. The van der Waals surface area contributed by atoms with Gasteiger partial charge in [-0.3, -0.25) is 15.1 Å². The van der Waals surface area contributed by atoms with Gasteiger partial charge in [0.2, 0.25) is 0 Å². The fraction of sp³-hybridized carbons (Fsp3) is 0.120. The van der Waals surface area contributed by atoms with Gasteiger partial charge in [0.1, 0.15) is 23.4 Å². The first-order chi connectivity index (χ1) is 16.4. The number of pyridine rings is 1. The maximum absolute atomic E-state index is 14.0. The van der Waals surface area contributed by atoms with Crippen LogP contribution in [0.3, 0.4) is 0 Å². The second kappa shape index (κ2) is 8.68. The van der Waals surface area contributed by atoms with Gasteiger partial charge in [-0.2, -0.15) is 0 Å². The van der Waals surface area contributed by atoms with Gasteiger partial charge in [-0.25, -0.2) is 4.39 Å². The summed E-state index contributed by atoms with van der Waals surface area (Å²) >= 11 is 5.68. The standard InChI is InChI=1S/C25H19FN4O3S/c1-15-13-17(8-9-19(15)26)29-24(23(28-25(29)34)20-7-2-3-12-27-20)22-11-10-21(33-22)16-5-4-6-18(14-16)30(31)32/h2-14,23-24H,1H3,(H,28,34)/t23-,24+/m1/s1. The molecule has 1 N–H and O–H groups in total. The number of nitrogens with zero attached hydrogens (tertiary/aromatic N) is 3. The minimum atomic E-state index is -0.442. The van der Waals surface area contributed by atoms with Gasteiger partial charge in [-0.1, -0.05) is 18.2 Å². The van der Waals surface area contributed by atoms with E-state index in [-0.39, 0.29) is 17.5 Å². The Kier molecular flexibility index (Phi) is 5.54. The Morgan fingerprint density at radius 2 is 1.97 bits per heavy atom. The third-order valence-electron chi connectivity index (χ3n) is 5.78. The molecule has 0 aliphatic carbocycles. The van der Waals surface area contributed by atoms with E-state index in [0.29, 0.717) is 33.4 Å². The number of nitro groups is 1. The van der Waals surface area contributed by atoms with E-state index >= 15 is 0 Å². The summed E-state index contributed by atoms with van der Waals surface area (Å²) in [5.74, 6) is 0.781. The van der Waals surface area contributed by atoms with Crippen LogP contribution in [0.25, 0.3) is 11.3 Å². The molecular weight excluding hydrogens is 455 g/mol. The highest BCUT2D eigenvalue weighted by Crippen LogP contribution is 2.43. The van der Waals surface area contributed by atoms with Gasteiger partial charge >= 0.3 is 0 Å². The Labute approximate surface area is 200 Å². The van der Waals surface area contributed by atoms with Crippen LogP contribution >= 0.6 is 12.2 Å². The summed E-state index contributed by atoms with van der Waals surface area (Å²) in [6.07, 6.45) is 1.71. The number of hydrogen-bond donors (Lipinski definition) is 1. The van der Waals surface area contributed by atoms with Gasteiger partial charge in [0, 0.05) is 29.6 Å². The van der Waals surface area contributed by atoms with Crippen molar-refractivity contribution in [2.75, 3.05) is 4.90 Å². The maximum Gasteiger partial charge on any atom is 0.270 e. The normalized spacial score (nSPS) is 17.6. The molecule has 7 nitrogen and oxygen atoms in total. The van der Waals surface area contributed by atoms with Crippen molar-refractivity contribution in [3.63, 3.8) is 0 Å². The molecule has 0 unspecified atom stereocenters. The number of rotatable bonds is 5. The van der Waals surface area contributed by atoms with Crippen LogP contribution in [0.1, 0.15) is 29.1 Å². The molecule has 1 aliphatic heterocycles. The van der Waals surface area contributed by atoms with E-state index < -0.39 is 11.0 Å². The third-order valence-corrected chi connectivity index (χ3v) is 6.09. The molecule has 9 heteroatoms. The number of hydrogen-bond acceptors (Lipinski definition) is 5. The molecule has 5 rings (SSSR count). The molecule has 0 bridgehead atoms. The van der Waals surface area contributed by atoms with Crippen molar-refractivity contribution in [2.24, 2.45) is 0 Å². The number of benzene rings is 2. The van der Waals surface area contributed by atoms with Crippen LogP contribution < -0.4 is 10.2 Å². The molecule has 0 spiro atoms. The number of nitro benzene ring substituents is 1. The summed E-state index contributed by atoms with van der Waals surface area (Å²) < 4.78 is 20.2. The molecule has 0 radical (unpaired) electrons.